The van der Waals surface area contributed by atoms with Crippen LogP contribution in [-0.4, -0.2) is 60.8 Å². The second-order valence-corrected chi connectivity index (χ2v) is 8.03. The quantitative estimate of drug-likeness (QED) is 0.388. The summed E-state index contributed by atoms with van der Waals surface area (Å²) in [7, 11) is 0. The number of rotatable bonds is 8. The summed E-state index contributed by atoms with van der Waals surface area (Å²) in [5, 5.41) is 15.2. The van der Waals surface area contributed by atoms with Crippen molar-refractivity contribution in [2.75, 3.05) is 18.8 Å². The predicted molar refractivity (Wildman–Crippen MR) is 123 cm³/mol. The summed E-state index contributed by atoms with van der Waals surface area (Å²) < 4.78 is 2.05. The Morgan fingerprint density at radius 1 is 1.33 bits per heavy atom. The molecule has 0 saturated carbocycles. The molecule has 0 aliphatic carbocycles. The Bertz CT molecular complexity index is 1240. The van der Waals surface area contributed by atoms with Gasteiger partial charge in [-0.15, -0.1) is 0 Å². The van der Waals surface area contributed by atoms with Gasteiger partial charge in [0.1, 0.15) is 28.9 Å². The van der Waals surface area contributed by atoms with Crippen LogP contribution in [0.2, 0.25) is 0 Å². The van der Waals surface area contributed by atoms with Crippen LogP contribution in [0.5, 0.6) is 0 Å². The Kier molecular flexibility index (Phi) is 6.40. The summed E-state index contributed by atoms with van der Waals surface area (Å²) in [4.78, 5) is 39.1. The molecule has 174 valence electrons. The van der Waals surface area contributed by atoms with Gasteiger partial charge in [-0.2, -0.15) is 0 Å². The van der Waals surface area contributed by atoms with Crippen LogP contribution in [0, 0.1) is 0 Å². The van der Waals surface area contributed by atoms with E-state index in [1.165, 1.54) is 11.1 Å². The van der Waals surface area contributed by atoms with Crippen molar-refractivity contribution >= 4 is 39.7 Å². The van der Waals surface area contributed by atoms with Crippen LogP contribution < -0.4 is 16.4 Å². The summed E-state index contributed by atoms with van der Waals surface area (Å²) >= 11 is 0. The first-order valence-electron chi connectivity index (χ1n) is 11.0. The van der Waals surface area contributed by atoms with E-state index >= 15 is 0 Å². The summed E-state index contributed by atoms with van der Waals surface area (Å²) in [5.74, 6) is 0.591. The van der Waals surface area contributed by atoms with Crippen LogP contribution in [0.4, 0.5) is 5.82 Å². The number of anilines is 1. The van der Waals surface area contributed by atoms with Gasteiger partial charge in [-0.05, 0) is 25.5 Å². The number of aryl methyl sites for hydroxylation is 1. The summed E-state index contributed by atoms with van der Waals surface area (Å²) in [6.45, 7) is 4.47. The van der Waals surface area contributed by atoms with Crippen molar-refractivity contribution in [1.29, 1.82) is 0 Å². The highest BCUT2D eigenvalue weighted by atomic mass is 16.3. The lowest BCUT2D eigenvalue weighted by atomic mass is 10.2. The van der Waals surface area contributed by atoms with Crippen LogP contribution in [0.1, 0.15) is 32.5 Å². The number of aliphatic hydroxyl groups excluding tert-OH is 1. The third-order valence-electron chi connectivity index (χ3n) is 5.57. The standard InChI is InChI=1S/C22H28N8O3/c1-3-4-7-15-27-18-19(17-14(26-20(18)23)6-5-8-25-17)30(15)10-9-24-16(31)12-29-11-13(2)21(32)28-22(29)33/h5-6,8,11,22,33H,3-4,7,9-10,12H2,1-2H3,(H2,23,26)(H,24,31)(H,28,32). The molecular formula is C22H28N8O3. The fourth-order valence-corrected chi connectivity index (χ4v) is 3.89. The lowest BCUT2D eigenvalue weighted by Crippen LogP contribution is -2.52. The zero-order chi connectivity index (χ0) is 23.5. The van der Waals surface area contributed by atoms with Gasteiger partial charge in [-0.25, -0.2) is 9.97 Å². The van der Waals surface area contributed by atoms with Crippen molar-refractivity contribution in [3.63, 3.8) is 0 Å². The Labute approximate surface area is 190 Å². The number of aliphatic hydroxyl groups is 1. The fraction of sp³-hybridized carbons (Fsp3) is 0.409. The summed E-state index contributed by atoms with van der Waals surface area (Å²) in [5.41, 5.74) is 9.46. The van der Waals surface area contributed by atoms with E-state index in [9.17, 15) is 14.7 Å². The van der Waals surface area contributed by atoms with Gasteiger partial charge in [0, 0.05) is 37.5 Å². The highest BCUT2D eigenvalue weighted by Gasteiger charge is 2.24. The molecule has 0 fully saturated rings. The van der Waals surface area contributed by atoms with Gasteiger partial charge in [-0.3, -0.25) is 14.6 Å². The molecule has 4 rings (SSSR count). The molecule has 3 aromatic rings. The maximum atomic E-state index is 12.5. The van der Waals surface area contributed by atoms with Gasteiger partial charge >= 0.3 is 0 Å². The Hall–Kier alpha value is -3.73. The number of nitrogens with two attached hydrogens (primary N) is 1. The van der Waals surface area contributed by atoms with Crippen LogP contribution >= 0.6 is 0 Å². The van der Waals surface area contributed by atoms with Gasteiger partial charge < -0.3 is 30.9 Å². The topological polar surface area (TPSA) is 151 Å². The largest absolute Gasteiger partial charge is 0.382 e. The number of fused-ring (bicyclic) bond motifs is 3. The highest BCUT2D eigenvalue weighted by Crippen LogP contribution is 2.27. The van der Waals surface area contributed by atoms with E-state index in [4.69, 9.17) is 10.7 Å². The van der Waals surface area contributed by atoms with E-state index in [-0.39, 0.29) is 18.4 Å². The van der Waals surface area contributed by atoms with Crippen LogP contribution in [0.25, 0.3) is 22.1 Å². The first-order chi connectivity index (χ1) is 15.9. The average Bonchev–Trinajstić information content (AvgIpc) is 3.15. The number of hydrogen-bond acceptors (Lipinski definition) is 8. The predicted octanol–water partition coefficient (Wildman–Crippen LogP) is 0.632. The number of aromatic nitrogens is 4. The Balaban J connectivity index is 1.54. The van der Waals surface area contributed by atoms with Crippen molar-refractivity contribution in [3.8, 4) is 0 Å². The molecule has 11 heteroatoms. The second kappa shape index (κ2) is 9.41. The summed E-state index contributed by atoms with van der Waals surface area (Å²) in [6.07, 6.45) is 4.72. The van der Waals surface area contributed by atoms with Gasteiger partial charge in [-0.1, -0.05) is 13.3 Å². The number of nitrogens with zero attached hydrogens (tertiary/aromatic N) is 5. The highest BCUT2D eigenvalue weighted by molar-refractivity contribution is 6.04. The van der Waals surface area contributed by atoms with Crippen molar-refractivity contribution in [2.24, 2.45) is 0 Å². The minimum Gasteiger partial charge on any atom is -0.382 e. The van der Waals surface area contributed by atoms with Gasteiger partial charge in [0.2, 0.25) is 12.3 Å². The zero-order valence-corrected chi connectivity index (χ0v) is 18.7. The van der Waals surface area contributed by atoms with Gasteiger partial charge in [0.05, 0.1) is 5.52 Å². The van der Waals surface area contributed by atoms with E-state index in [0.29, 0.717) is 35.5 Å². The first-order valence-corrected chi connectivity index (χ1v) is 11.0. The Morgan fingerprint density at radius 3 is 2.94 bits per heavy atom. The minimum atomic E-state index is -1.24. The van der Waals surface area contributed by atoms with Crippen LogP contribution in [0.15, 0.2) is 30.1 Å². The summed E-state index contributed by atoms with van der Waals surface area (Å²) in [6, 6.07) is 3.67. The number of unbranched alkanes of at least 4 members (excludes halogenated alkanes) is 1. The number of carbonyl (C=O) groups is 2. The molecule has 1 unspecified atom stereocenters. The number of carbonyl (C=O) groups excluding carboxylic acids is 2. The minimum absolute atomic E-state index is 0.0898. The molecule has 1 aliphatic heterocycles. The number of imidazole rings is 1. The zero-order valence-electron chi connectivity index (χ0n) is 18.7. The number of hydrogen-bond donors (Lipinski definition) is 4. The van der Waals surface area contributed by atoms with Crippen molar-refractivity contribution in [3.05, 3.63) is 35.9 Å². The van der Waals surface area contributed by atoms with Gasteiger partial charge in [0.15, 0.2) is 5.82 Å². The maximum absolute atomic E-state index is 12.5. The molecular weight excluding hydrogens is 424 g/mol. The molecule has 0 aromatic carbocycles. The third-order valence-corrected chi connectivity index (χ3v) is 5.57. The third kappa shape index (κ3) is 4.58. The van der Waals surface area contributed by atoms with E-state index in [2.05, 4.69) is 32.1 Å². The van der Waals surface area contributed by atoms with E-state index in [0.717, 1.165) is 36.1 Å². The lowest BCUT2D eigenvalue weighted by Gasteiger charge is -2.30. The van der Waals surface area contributed by atoms with E-state index in [1.807, 2.05) is 12.1 Å². The molecule has 5 N–H and O–H groups in total. The Morgan fingerprint density at radius 2 is 2.15 bits per heavy atom. The molecule has 0 bridgehead atoms. The van der Waals surface area contributed by atoms with Gasteiger partial charge in [0.25, 0.3) is 5.91 Å². The molecule has 0 spiro atoms. The average molecular weight is 453 g/mol. The molecule has 3 aromatic heterocycles. The monoisotopic (exact) mass is 452 g/mol. The molecule has 0 saturated heterocycles. The van der Waals surface area contributed by atoms with E-state index in [1.54, 1.807) is 13.1 Å². The normalized spacial score (nSPS) is 16.2. The SMILES string of the molecule is CCCCc1nc2c(N)nc3cccnc3c2n1CCNC(=O)CN1C=C(C)C(=O)NC1O. The maximum Gasteiger partial charge on any atom is 0.251 e. The van der Waals surface area contributed by atoms with Crippen molar-refractivity contribution in [1.82, 2.24) is 35.1 Å². The molecule has 11 nitrogen and oxygen atoms in total. The smallest absolute Gasteiger partial charge is 0.251 e. The number of amides is 2. The van der Waals surface area contributed by atoms with Crippen LogP contribution in [-0.2, 0) is 22.6 Å². The van der Waals surface area contributed by atoms with Crippen LogP contribution in [0.3, 0.4) is 0 Å². The molecule has 2 amide bonds. The molecule has 33 heavy (non-hydrogen) atoms. The number of nitrogen functional groups attached to an aromatic ring is 1. The number of nitrogens with one attached hydrogen (secondary N) is 2. The molecule has 4 heterocycles. The number of pyridine rings is 2. The second-order valence-electron chi connectivity index (χ2n) is 8.03. The first kappa shape index (κ1) is 22.5. The molecule has 1 atom stereocenters. The molecule has 0 radical (unpaired) electrons. The fourth-order valence-electron chi connectivity index (χ4n) is 3.89. The molecule has 1 aliphatic rings. The van der Waals surface area contributed by atoms with E-state index < -0.39 is 6.35 Å². The van der Waals surface area contributed by atoms with Crippen molar-refractivity contribution in [2.45, 2.75) is 46.0 Å². The van der Waals surface area contributed by atoms with Crippen molar-refractivity contribution < 1.29 is 14.7 Å². The lowest BCUT2D eigenvalue weighted by molar-refractivity contribution is -0.131.